The van der Waals surface area contributed by atoms with Gasteiger partial charge in [0, 0.05) is 17.8 Å². The van der Waals surface area contributed by atoms with Crippen molar-refractivity contribution in [3.63, 3.8) is 0 Å². The smallest absolute Gasteiger partial charge is 0.254 e. The second-order valence-electron chi connectivity index (χ2n) is 4.75. The molecule has 1 saturated carbocycles. The minimum atomic E-state index is -0.444. The summed E-state index contributed by atoms with van der Waals surface area (Å²) in [5.41, 5.74) is 0.642. The predicted octanol–water partition coefficient (Wildman–Crippen LogP) is 2.88. The Morgan fingerprint density at radius 3 is 2.82 bits per heavy atom. The first kappa shape index (κ1) is 12.4. The van der Waals surface area contributed by atoms with Crippen LogP contribution in [0.2, 0.25) is 0 Å². The maximum Gasteiger partial charge on any atom is 0.254 e. The van der Waals surface area contributed by atoms with Crippen LogP contribution < -0.4 is 5.32 Å². The third kappa shape index (κ3) is 2.60. The molecule has 0 aliphatic heterocycles. The quantitative estimate of drug-likeness (QED) is 0.824. The van der Waals surface area contributed by atoms with Crippen LogP contribution >= 0.6 is 11.6 Å². The van der Waals surface area contributed by atoms with Gasteiger partial charge in [0.05, 0.1) is 5.56 Å². The molecule has 92 valence electrons. The van der Waals surface area contributed by atoms with Crippen LogP contribution in [-0.4, -0.2) is 18.3 Å². The summed E-state index contributed by atoms with van der Waals surface area (Å²) in [6, 6.07) is 4.83. The number of rotatable bonds is 4. The van der Waals surface area contributed by atoms with Crippen molar-refractivity contribution >= 4 is 17.5 Å². The van der Waals surface area contributed by atoms with Crippen LogP contribution in [0.4, 0.5) is 4.39 Å². The summed E-state index contributed by atoms with van der Waals surface area (Å²) in [7, 11) is 0. The molecule has 1 aromatic rings. The Bertz CT molecular complexity index is 443. The maximum atomic E-state index is 13.7. The van der Waals surface area contributed by atoms with Crippen molar-refractivity contribution in [1.29, 1.82) is 0 Å². The normalized spacial score (nSPS) is 16.6. The highest BCUT2D eigenvalue weighted by Gasteiger charge is 2.41. The Labute approximate surface area is 105 Å². The van der Waals surface area contributed by atoms with Gasteiger partial charge in [0.2, 0.25) is 0 Å². The summed E-state index contributed by atoms with van der Waals surface area (Å²) in [5.74, 6) is -0.257. The number of halogens is 2. The average Bonchev–Trinajstić information content (AvgIpc) is 3.10. The van der Waals surface area contributed by atoms with Crippen LogP contribution in [0.25, 0.3) is 0 Å². The van der Waals surface area contributed by atoms with Crippen molar-refractivity contribution in [1.82, 2.24) is 5.32 Å². The van der Waals surface area contributed by atoms with Crippen LogP contribution in [-0.2, 0) is 0 Å². The first-order chi connectivity index (χ1) is 8.08. The minimum Gasteiger partial charge on any atom is -0.351 e. The Morgan fingerprint density at radius 2 is 2.24 bits per heavy atom. The lowest BCUT2D eigenvalue weighted by atomic mass is 10.1. The van der Waals surface area contributed by atoms with Crippen LogP contribution in [0.1, 0.15) is 28.8 Å². The number of hydrogen-bond acceptors (Lipinski definition) is 1. The molecule has 1 amide bonds. The van der Waals surface area contributed by atoms with Gasteiger partial charge in [-0.15, -0.1) is 11.6 Å². The molecule has 1 fully saturated rings. The summed E-state index contributed by atoms with van der Waals surface area (Å²) in [6.07, 6.45) is 2.07. The van der Waals surface area contributed by atoms with Crippen molar-refractivity contribution in [3.8, 4) is 0 Å². The van der Waals surface area contributed by atoms with Gasteiger partial charge in [-0.2, -0.15) is 0 Å². The molecular formula is C13H15ClFNO. The molecule has 0 heterocycles. The molecule has 17 heavy (non-hydrogen) atoms. The molecule has 0 unspecified atom stereocenters. The molecule has 1 N–H and O–H groups in total. The number of amides is 1. The molecule has 0 aromatic heterocycles. The summed E-state index contributed by atoms with van der Waals surface area (Å²) in [6.45, 7) is 2.18. The van der Waals surface area contributed by atoms with Crippen molar-refractivity contribution in [2.24, 2.45) is 5.41 Å². The highest BCUT2D eigenvalue weighted by Crippen LogP contribution is 2.45. The van der Waals surface area contributed by atoms with E-state index in [1.807, 2.05) is 0 Å². The van der Waals surface area contributed by atoms with E-state index in [-0.39, 0.29) is 16.9 Å². The number of carbonyl (C=O) groups excluding carboxylic acids is 1. The van der Waals surface area contributed by atoms with Crippen molar-refractivity contribution in [2.75, 3.05) is 12.4 Å². The van der Waals surface area contributed by atoms with E-state index in [0.29, 0.717) is 18.0 Å². The van der Waals surface area contributed by atoms with Gasteiger partial charge < -0.3 is 5.32 Å². The van der Waals surface area contributed by atoms with Gasteiger partial charge in [-0.05, 0) is 31.4 Å². The highest BCUT2D eigenvalue weighted by molar-refractivity contribution is 6.18. The number of carbonyl (C=O) groups is 1. The number of aryl methyl sites for hydroxylation is 1. The summed E-state index contributed by atoms with van der Waals surface area (Å²) < 4.78 is 13.7. The van der Waals surface area contributed by atoms with Gasteiger partial charge in [-0.25, -0.2) is 4.39 Å². The Kier molecular flexibility index (Phi) is 3.38. The Balaban J connectivity index is 2.02. The molecule has 2 nitrogen and oxygen atoms in total. The molecule has 2 rings (SSSR count). The fraction of sp³-hybridized carbons (Fsp3) is 0.462. The maximum absolute atomic E-state index is 13.7. The third-order valence-corrected chi connectivity index (χ3v) is 3.87. The summed E-state index contributed by atoms with van der Waals surface area (Å²) in [5, 5.41) is 2.76. The fourth-order valence-electron chi connectivity index (χ4n) is 1.72. The Hall–Kier alpha value is -1.09. The second kappa shape index (κ2) is 4.65. The molecular weight excluding hydrogens is 241 g/mol. The second-order valence-corrected chi connectivity index (χ2v) is 5.02. The Morgan fingerprint density at radius 1 is 1.53 bits per heavy atom. The zero-order valence-corrected chi connectivity index (χ0v) is 10.5. The first-order valence-corrected chi connectivity index (χ1v) is 6.21. The predicted molar refractivity (Wildman–Crippen MR) is 65.9 cm³/mol. The minimum absolute atomic E-state index is 0.0531. The molecule has 0 radical (unpaired) electrons. The SMILES string of the molecule is Cc1cccc(C(=O)NCC2(CCl)CC2)c1F. The first-order valence-electron chi connectivity index (χ1n) is 5.67. The van der Waals surface area contributed by atoms with E-state index < -0.39 is 5.82 Å². The van der Waals surface area contributed by atoms with E-state index in [4.69, 9.17) is 11.6 Å². The van der Waals surface area contributed by atoms with E-state index in [0.717, 1.165) is 12.8 Å². The monoisotopic (exact) mass is 255 g/mol. The topological polar surface area (TPSA) is 29.1 Å². The average molecular weight is 256 g/mol. The van der Waals surface area contributed by atoms with Crippen LogP contribution in [0.5, 0.6) is 0 Å². The lowest BCUT2D eigenvalue weighted by Gasteiger charge is -2.13. The fourth-order valence-corrected chi connectivity index (χ4v) is 2.08. The van der Waals surface area contributed by atoms with Crippen LogP contribution in [0.15, 0.2) is 18.2 Å². The van der Waals surface area contributed by atoms with E-state index in [2.05, 4.69) is 5.32 Å². The van der Waals surface area contributed by atoms with Gasteiger partial charge >= 0.3 is 0 Å². The zero-order chi connectivity index (χ0) is 12.5. The number of alkyl halides is 1. The lowest BCUT2D eigenvalue weighted by molar-refractivity contribution is 0.0942. The molecule has 0 bridgehead atoms. The van der Waals surface area contributed by atoms with Crippen LogP contribution in [0, 0.1) is 18.2 Å². The third-order valence-electron chi connectivity index (χ3n) is 3.30. The largest absolute Gasteiger partial charge is 0.351 e. The van der Waals surface area contributed by atoms with Gasteiger partial charge in [0.1, 0.15) is 5.82 Å². The summed E-state index contributed by atoms with van der Waals surface area (Å²) >= 11 is 5.82. The van der Waals surface area contributed by atoms with Crippen molar-refractivity contribution < 1.29 is 9.18 Å². The molecule has 1 aliphatic carbocycles. The summed E-state index contributed by atoms with van der Waals surface area (Å²) in [4.78, 5) is 11.8. The lowest BCUT2D eigenvalue weighted by Crippen LogP contribution is -2.31. The van der Waals surface area contributed by atoms with E-state index in [9.17, 15) is 9.18 Å². The molecule has 4 heteroatoms. The number of hydrogen-bond donors (Lipinski definition) is 1. The van der Waals surface area contributed by atoms with Crippen LogP contribution in [0.3, 0.4) is 0 Å². The van der Waals surface area contributed by atoms with E-state index in [1.54, 1.807) is 19.1 Å². The number of benzene rings is 1. The van der Waals surface area contributed by atoms with Gasteiger partial charge in [-0.3, -0.25) is 4.79 Å². The molecule has 0 saturated heterocycles. The zero-order valence-electron chi connectivity index (χ0n) is 9.72. The van der Waals surface area contributed by atoms with E-state index >= 15 is 0 Å². The molecule has 0 spiro atoms. The standard InChI is InChI=1S/C13H15ClFNO/c1-9-3-2-4-10(11(9)15)12(17)16-8-13(7-14)5-6-13/h2-4H,5-8H2,1H3,(H,16,17). The van der Waals surface area contributed by atoms with Gasteiger partial charge in [0.15, 0.2) is 0 Å². The van der Waals surface area contributed by atoms with E-state index in [1.165, 1.54) is 6.07 Å². The molecule has 1 aliphatic rings. The highest BCUT2D eigenvalue weighted by atomic mass is 35.5. The van der Waals surface area contributed by atoms with Gasteiger partial charge in [0.25, 0.3) is 5.91 Å². The molecule has 1 aromatic carbocycles. The van der Waals surface area contributed by atoms with Gasteiger partial charge in [-0.1, -0.05) is 12.1 Å². The molecule has 0 atom stereocenters. The van der Waals surface area contributed by atoms with Crippen molar-refractivity contribution in [2.45, 2.75) is 19.8 Å². The van der Waals surface area contributed by atoms with Crippen molar-refractivity contribution in [3.05, 3.63) is 35.1 Å². The number of nitrogens with one attached hydrogen (secondary N) is 1.